The van der Waals surface area contributed by atoms with Crippen molar-refractivity contribution in [1.29, 1.82) is 0 Å². The van der Waals surface area contributed by atoms with E-state index >= 15 is 0 Å². The number of aromatic amines is 2. The zero-order chi connectivity index (χ0) is 15.0. The molecule has 0 spiro atoms. The van der Waals surface area contributed by atoms with Gasteiger partial charge in [-0.2, -0.15) is 5.10 Å². The molecule has 1 amide bonds. The number of fused-ring (bicyclic) bond motifs is 1. The zero-order valence-electron chi connectivity index (χ0n) is 11.5. The molecule has 108 valence electrons. The number of rotatable bonds is 3. The van der Waals surface area contributed by atoms with Crippen LogP contribution in [0.15, 0.2) is 17.2 Å². The highest BCUT2D eigenvalue weighted by Gasteiger charge is 2.16. The highest BCUT2D eigenvalue weighted by molar-refractivity contribution is 5.96. The van der Waals surface area contributed by atoms with Crippen molar-refractivity contribution in [2.24, 2.45) is 0 Å². The second-order valence-electron chi connectivity index (χ2n) is 4.59. The molecule has 0 aliphatic rings. The van der Waals surface area contributed by atoms with E-state index in [-0.39, 0.29) is 23.7 Å². The quantitative estimate of drug-likeness (QED) is 0.610. The van der Waals surface area contributed by atoms with Crippen LogP contribution in [-0.2, 0) is 6.54 Å². The van der Waals surface area contributed by atoms with Gasteiger partial charge in [-0.1, -0.05) is 0 Å². The third kappa shape index (κ3) is 2.18. The normalized spacial score (nSPS) is 11.0. The summed E-state index contributed by atoms with van der Waals surface area (Å²) in [5.74, 6) is 0.226. The molecule has 0 fully saturated rings. The van der Waals surface area contributed by atoms with Gasteiger partial charge in [0, 0.05) is 18.1 Å². The average molecular weight is 287 g/mol. The van der Waals surface area contributed by atoms with E-state index in [1.807, 2.05) is 0 Å². The first-order valence-electron chi connectivity index (χ1n) is 6.29. The molecular formula is C12H13N7O2. The van der Waals surface area contributed by atoms with Crippen molar-refractivity contribution in [3.63, 3.8) is 0 Å². The molecule has 0 radical (unpaired) electrons. The van der Waals surface area contributed by atoms with Gasteiger partial charge in [0.1, 0.15) is 0 Å². The topological polar surface area (TPSA) is 121 Å². The molecule has 9 nitrogen and oxygen atoms in total. The number of nitrogens with zero attached hydrogens (tertiary/aromatic N) is 4. The summed E-state index contributed by atoms with van der Waals surface area (Å²) >= 11 is 0. The van der Waals surface area contributed by atoms with E-state index in [4.69, 9.17) is 0 Å². The van der Waals surface area contributed by atoms with Crippen LogP contribution in [0.2, 0.25) is 0 Å². The zero-order valence-corrected chi connectivity index (χ0v) is 11.5. The van der Waals surface area contributed by atoms with Gasteiger partial charge >= 0.3 is 0 Å². The Labute approximate surface area is 118 Å². The molecule has 0 saturated heterocycles. The number of aromatic nitrogens is 6. The Balaban J connectivity index is 1.83. The first-order valence-corrected chi connectivity index (χ1v) is 6.29. The summed E-state index contributed by atoms with van der Waals surface area (Å²) in [6.07, 6.45) is 3.13. The summed E-state index contributed by atoms with van der Waals surface area (Å²) < 4.78 is 1.54. The first kappa shape index (κ1) is 13.0. The van der Waals surface area contributed by atoms with Gasteiger partial charge < -0.3 is 10.3 Å². The lowest BCUT2D eigenvalue weighted by Crippen LogP contribution is -2.25. The third-order valence-corrected chi connectivity index (χ3v) is 3.17. The Morgan fingerprint density at radius 2 is 2.19 bits per heavy atom. The summed E-state index contributed by atoms with van der Waals surface area (Å²) in [6, 6.07) is 0. The van der Waals surface area contributed by atoms with Gasteiger partial charge in [-0.25, -0.2) is 0 Å². The van der Waals surface area contributed by atoms with Crippen molar-refractivity contribution in [2.45, 2.75) is 20.4 Å². The van der Waals surface area contributed by atoms with Crippen molar-refractivity contribution in [3.05, 3.63) is 45.5 Å². The fraction of sp³-hybridized carbons (Fsp3) is 0.250. The Hall–Kier alpha value is -2.97. The first-order chi connectivity index (χ1) is 10.1. The molecule has 21 heavy (non-hydrogen) atoms. The molecular weight excluding hydrogens is 274 g/mol. The van der Waals surface area contributed by atoms with E-state index in [2.05, 4.69) is 30.7 Å². The molecule has 0 aromatic carbocycles. The second-order valence-corrected chi connectivity index (χ2v) is 4.59. The predicted molar refractivity (Wildman–Crippen MR) is 72.8 cm³/mol. The number of aryl methyl sites for hydroxylation is 2. The lowest BCUT2D eigenvalue weighted by atomic mass is 10.2. The summed E-state index contributed by atoms with van der Waals surface area (Å²) in [5, 5.41) is 17.2. The maximum Gasteiger partial charge on any atom is 0.293 e. The smallest absolute Gasteiger partial charge is 0.293 e. The average Bonchev–Trinajstić information content (AvgIpc) is 3.01. The standard InChI is InChI=1S/C12H13N7O2/c1-6-9(7(2)16-15-6)11(20)14-5-8-17-18-10-12(21)13-3-4-19(8)10/h3-4H,5H2,1-2H3,(H,13,21)(H,14,20)(H,15,16). The van der Waals surface area contributed by atoms with Crippen molar-refractivity contribution >= 4 is 11.6 Å². The van der Waals surface area contributed by atoms with Crippen LogP contribution in [0, 0.1) is 13.8 Å². The number of carbonyl (C=O) groups excluding carboxylic acids is 1. The fourth-order valence-corrected chi connectivity index (χ4v) is 2.14. The van der Waals surface area contributed by atoms with E-state index in [0.717, 1.165) is 0 Å². The highest BCUT2D eigenvalue weighted by Crippen LogP contribution is 2.09. The summed E-state index contributed by atoms with van der Waals surface area (Å²) in [7, 11) is 0. The molecule has 0 saturated carbocycles. The number of H-pyrrole nitrogens is 2. The monoisotopic (exact) mass is 287 g/mol. The van der Waals surface area contributed by atoms with Crippen LogP contribution in [0.3, 0.4) is 0 Å². The molecule has 0 atom stereocenters. The molecule has 0 unspecified atom stereocenters. The number of hydrogen-bond donors (Lipinski definition) is 3. The number of hydrogen-bond acceptors (Lipinski definition) is 5. The minimum absolute atomic E-state index is 0.160. The van der Waals surface area contributed by atoms with Crippen LogP contribution in [-0.4, -0.2) is 35.7 Å². The number of carbonyl (C=O) groups is 1. The minimum Gasteiger partial charge on any atom is -0.345 e. The molecule has 3 aromatic rings. The van der Waals surface area contributed by atoms with Crippen LogP contribution in [0.25, 0.3) is 5.65 Å². The van der Waals surface area contributed by atoms with Crippen LogP contribution >= 0.6 is 0 Å². The van der Waals surface area contributed by atoms with E-state index in [1.54, 1.807) is 20.0 Å². The Morgan fingerprint density at radius 3 is 2.90 bits per heavy atom. The minimum atomic E-state index is -0.330. The Morgan fingerprint density at radius 1 is 1.38 bits per heavy atom. The molecule has 9 heteroatoms. The van der Waals surface area contributed by atoms with Crippen LogP contribution in [0.4, 0.5) is 0 Å². The van der Waals surface area contributed by atoms with Crippen molar-refractivity contribution in [2.75, 3.05) is 0 Å². The van der Waals surface area contributed by atoms with E-state index < -0.39 is 0 Å². The Bertz CT molecular complexity index is 854. The maximum atomic E-state index is 12.1. The van der Waals surface area contributed by atoms with Crippen LogP contribution in [0.1, 0.15) is 27.6 Å². The second kappa shape index (κ2) is 4.85. The largest absolute Gasteiger partial charge is 0.345 e. The van der Waals surface area contributed by atoms with Gasteiger partial charge in [-0.15, -0.1) is 10.2 Å². The van der Waals surface area contributed by atoms with Crippen molar-refractivity contribution in [3.8, 4) is 0 Å². The van der Waals surface area contributed by atoms with Gasteiger partial charge in [-0.05, 0) is 13.8 Å². The molecule has 3 heterocycles. The van der Waals surface area contributed by atoms with Gasteiger partial charge in [0.2, 0.25) is 5.65 Å². The van der Waals surface area contributed by atoms with Gasteiger partial charge in [-0.3, -0.25) is 19.1 Å². The van der Waals surface area contributed by atoms with E-state index in [1.165, 1.54) is 10.6 Å². The lowest BCUT2D eigenvalue weighted by molar-refractivity contribution is 0.0948. The molecule has 0 bridgehead atoms. The molecule has 3 aromatic heterocycles. The fourth-order valence-electron chi connectivity index (χ4n) is 2.14. The summed E-state index contributed by atoms with van der Waals surface area (Å²) in [6.45, 7) is 3.69. The van der Waals surface area contributed by atoms with Crippen molar-refractivity contribution in [1.82, 2.24) is 35.1 Å². The molecule has 3 N–H and O–H groups in total. The van der Waals surface area contributed by atoms with Gasteiger partial charge in [0.05, 0.1) is 17.8 Å². The third-order valence-electron chi connectivity index (χ3n) is 3.17. The number of nitrogens with one attached hydrogen (secondary N) is 3. The highest BCUT2D eigenvalue weighted by atomic mass is 16.1. The lowest BCUT2D eigenvalue weighted by Gasteiger charge is -2.04. The summed E-state index contributed by atoms with van der Waals surface area (Å²) in [4.78, 5) is 26.2. The van der Waals surface area contributed by atoms with E-state index in [0.29, 0.717) is 22.8 Å². The number of amides is 1. The Kier molecular flexibility index (Phi) is 3.01. The van der Waals surface area contributed by atoms with Crippen LogP contribution in [0.5, 0.6) is 0 Å². The molecule has 3 rings (SSSR count). The maximum absolute atomic E-state index is 12.1. The van der Waals surface area contributed by atoms with Gasteiger partial charge in [0.15, 0.2) is 5.82 Å². The SMILES string of the molecule is Cc1n[nH]c(C)c1C(=O)NCc1nnc2c(=O)[nH]ccn12. The molecule has 0 aliphatic carbocycles. The predicted octanol–water partition coefficient (Wildman–Crippen LogP) is -0.312. The van der Waals surface area contributed by atoms with Crippen molar-refractivity contribution < 1.29 is 4.79 Å². The van der Waals surface area contributed by atoms with Gasteiger partial charge in [0.25, 0.3) is 11.5 Å². The van der Waals surface area contributed by atoms with E-state index in [9.17, 15) is 9.59 Å². The van der Waals surface area contributed by atoms with Crippen LogP contribution < -0.4 is 10.9 Å². The molecule has 0 aliphatic heterocycles. The summed E-state index contributed by atoms with van der Waals surface area (Å²) in [5.41, 5.74) is 1.71.